The summed E-state index contributed by atoms with van der Waals surface area (Å²) in [7, 11) is 0. The van der Waals surface area contributed by atoms with E-state index in [1.54, 1.807) is 6.92 Å². The number of hydrogen-bond donors (Lipinski definition) is 1. The zero-order valence-electron chi connectivity index (χ0n) is 15.5. The van der Waals surface area contributed by atoms with Gasteiger partial charge in [0.2, 0.25) is 11.7 Å². The minimum absolute atomic E-state index is 0.131. The van der Waals surface area contributed by atoms with Crippen LogP contribution in [0.2, 0.25) is 0 Å². The average molecular weight is 431 g/mol. The summed E-state index contributed by atoms with van der Waals surface area (Å²) >= 11 is 0. The van der Waals surface area contributed by atoms with Crippen LogP contribution in [0.5, 0.6) is 5.88 Å². The van der Waals surface area contributed by atoms with Gasteiger partial charge in [-0.1, -0.05) is 0 Å². The molecule has 0 radical (unpaired) electrons. The number of rotatable bonds is 7. The lowest BCUT2D eigenvalue weighted by Crippen LogP contribution is -2.06. The van der Waals surface area contributed by atoms with E-state index in [0.717, 1.165) is 12.3 Å². The van der Waals surface area contributed by atoms with Crippen molar-refractivity contribution >= 4 is 22.9 Å². The second-order valence-corrected chi connectivity index (χ2v) is 5.96. The van der Waals surface area contributed by atoms with Crippen LogP contribution in [0, 0.1) is 38.5 Å². The first-order valence-corrected chi connectivity index (χ1v) is 8.31. The SMILES string of the molecule is Cc1cc(OC(F)F)nn1-c1cc(Nc2ncc([N+](=O)[O-])cc2[N+](=O)[O-])ccc1C#N. The highest BCUT2D eigenvalue weighted by atomic mass is 19.3. The monoisotopic (exact) mass is 431 g/mol. The molecule has 0 aliphatic rings. The van der Waals surface area contributed by atoms with E-state index in [-0.39, 0.29) is 28.6 Å². The van der Waals surface area contributed by atoms with Crippen LogP contribution in [0.4, 0.5) is 31.7 Å². The topological polar surface area (TPSA) is 162 Å². The number of nitriles is 1. The highest BCUT2D eigenvalue weighted by molar-refractivity contribution is 5.70. The zero-order chi connectivity index (χ0) is 22.7. The van der Waals surface area contributed by atoms with Gasteiger partial charge in [0.05, 0.1) is 27.2 Å². The summed E-state index contributed by atoms with van der Waals surface area (Å²) in [5, 5.41) is 38.1. The first-order valence-electron chi connectivity index (χ1n) is 8.31. The lowest BCUT2D eigenvalue weighted by Gasteiger charge is -2.11. The van der Waals surface area contributed by atoms with Crippen LogP contribution in [0.3, 0.4) is 0 Å². The quantitative estimate of drug-likeness (QED) is 0.435. The predicted molar refractivity (Wildman–Crippen MR) is 100 cm³/mol. The molecule has 2 heterocycles. The minimum Gasteiger partial charge on any atom is -0.415 e. The molecule has 0 bridgehead atoms. The van der Waals surface area contributed by atoms with Crippen molar-refractivity contribution in [2.24, 2.45) is 0 Å². The summed E-state index contributed by atoms with van der Waals surface area (Å²) < 4.78 is 30.4. The van der Waals surface area contributed by atoms with E-state index in [0.29, 0.717) is 5.69 Å². The second kappa shape index (κ2) is 8.37. The molecular formula is C17H11F2N7O5. The number of nitrogens with zero attached hydrogens (tertiary/aromatic N) is 6. The van der Waals surface area contributed by atoms with Crippen LogP contribution < -0.4 is 10.1 Å². The fourth-order valence-corrected chi connectivity index (χ4v) is 2.63. The first kappa shape index (κ1) is 21.0. The van der Waals surface area contributed by atoms with Crippen molar-refractivity contribution in [1.29, 1.82) is 5.26 Å². The molecule has 0 saturated heterocycles. The van der Waals surface area contributed by atoms with Gasteiger partial charge in [0.15, 0.2) is 0 Å². The molecule has 0 amide bonds. The Morgan fingerprint density at radius 1 is 1.23 bits per heavy atom. The van der Waals surface area contributed by atoms with Crippen LogP contribution in [0.15, 0.2) is 36.5 Å². The smallest absolute Gasteiger partial charge is 0.388 e. The molecule has 14 heteroatoms. The van der Waals surface area contributed by atoms with Crippen molar-refractivity contribution < 1.29 is 23.4 Å². The first-order chi connectivity index (χ1) is 14.7. The Labute approximate surface area is 171 Å². The van der Waals surface area contributed by atoms with E-state index < -0.39 is 27.8 Å². The van der Waals surface area contributed by atoms with Crippen LogP contribution in [-0.4, -0.2) is 31.2 Å². The maximum Gasteiger partial charge on any atom is 0.388 e. The van der Waals surface area contributed by atoms with Gasteiger partial charge >= 0.3 is 12.3 Å². The van der Waals surface area contributed by atoms with E-state index in [4.69, 9.17) is 0 Å². The van der Waals surface area contributed by atoms with Crippen LogP contribution in [0.1, 0.15) is 11.3 Å². The van der Waals surface area contributed by atoms with E-state index in [2.05, 4.69) is 20.1 Å². The average Bonchev–Trinajstić information content (AvgIpc) is 3.06. The lowest BCUT2D eigenvalue weighted by atomic mass is 10.1. The summed E-state index contributed by atoms with van der Waals surface area (Å²) in [6.07, 6.45) is 0.853. The number of aryl methyl sites for hydroxylation is 1. The number of aromatic nitrogens is 3. The van der Waals surface area contributed by atoms with Gasteiger partial charge in [-0.25, -0.2) is 9.67 Å². The van der Waals surface area contributed by atoms with Gasteiger partial charge in [-0.3, -0.25) is 20.2 Å². The molecule has 12 nitrogen and oxygen atoms in total. The number of nitrogens with one attached hydrogen (secondary N) is 1. The van der Waals surface area contributed by atoms with Gasteiger partial charge in [0, 0.05) is 17.4 Å². The summed E-state index contributed by atoms with van der Waals surface area (Å²) in [6.45, 7) is -1.53. The number of benzene rings is 1. The van der Waals surface area contributed by atoms with Crippen molar-refractivity contribution in [2.75, 3.05) is 5.32 Å². The normalized spacial score (nSPS) is 10.5. The summed E-state index contributed by atoms with van der Waals surface area (Å²) in [5.41, 5.74) is -0.280. The Bertz CT molecular complexity index is 1220. The number of hydrogen-bond acceptors (Lipinski definition) is 9. The summed E-state index contributed by atoms with van der Waals surface area (Å²) in [5.74, 6) is -0.632. The Morgan fingerprint density at radius 2 is 1.97 bits per heavy atom. The molecule has 3 rings (SSSR count). The molecule has 3 aromatic rings. The maximum atomic E-state index is 12.5. The van der Waals surface area contributed by atoms with E-state index in [9.17, 15) is 34.3 Å². The van der Waals surface area contributed by atoms with Crippen molar-refractivity contribution in [2.45, 2.75) is 13.5 Å². The molecule has 1 aromatic carbocycles. The van der Waals surface area contributed by atoms with Gasteiger partial charge in [-0.05, 0) is 25.1 Å². The summed E-state index contributed by atoms with van der Waals surface area (Å²) in [6, 6.07) is 8.12. The fourth-order valence-electron chi connectivity index (χ4n) is 2.63. The Balaban J connectivity index is 2.03. The van der Waals surface area contributed by atoms with E-state index in [1.165, 1.54) is 28.9 Å². The Kier molecular flexibility index (Phi) is 5.68. The van der Waals surface area contributed by atoms with Crippen molar-refractivity contribution in [3.63, 3.8) is 0 Å². The largest absolute Gasteiger partial charge is 0.415 e. The molecule has 0 fully saturated rings. The number of alkyl halides is 2. The number of pyridine rings is 1. The summed E-state index contributed by atoms with van der Waals surface area (Å²) in [4.78, 5) is 24.2. The lowest BCUT2D eigenvalue weighted by molar-refractivity contribution is -0.394. The third kappa shape index (κ3) is 4.50. The standard InChI is InChI=1S/C17H11F2N7O5/c1-9-4-15(31-17(18)19)23-24(9)13-5-11(3-2-10(13)7-20)22-16-14(26(29)30)6-12(8-21-16)25(27)28/h2-6,8,17H,1H3,(H,21,22). The highest BCUT2D eigenvalue weighted by Gasteiger charge is 2.22. The van der Waals surface area contributed by atoms with Gasteiger partial charge in [-0.2, -0.15) is 14.0 Å². The van der Waals surface area contributed by atoms with Crippen molar-refractivity contribution in [3.05, 3.63) is 68.0 Å². The molecule has 31 heavy (non-hydrogen) atoms. The van der Waals surface area contributed by atoms with E-state index in [1.807, 2.05) is 6.07 Å². The van der Waals surface area contributed by atoms with Crippen LogP contribution >= 0.6 is 0 Å². The van der Waals surface area contributed by atoms with Crippen LogP contribution in [-0.2, 0) is 0 Å². The molecule has 0 aliphatic carbocycles. The molecule has 1 N–H and O–H groups in total. The van der Waals surface area contributed by atoms with Gasteiger partial charge in [0.25, 0.3) is 5.69 Å². The predicted octanol–water partition coefficient (Wildman–Crippen LogP) is 3.61. The second-order valence-electron chi connectivity index (χ2n) is 5.96. The number of nitro groups is 2. The van der Waals surface area contributed by atoms with Gasteiger partial charge in [0.1, 0.15) is 12.3 Å². The molecule has 158 valence electrons. The number of ether oxygens (including phenoxy) is 1. The maximum absolute atomic E-state index is 12.5. The van der Waals surface area contributed by atoms with E-state index >= 15 is 0 Å². The Morgan fingerprint density at radius 3 is 2.58 bits per heavy atom. The van der Waals surface area contributed by atoms with Crippen molar-refractivity contribution in [1.82, 2.24) is 14.8 Å². The molecule has 0 atom stereocenters. The third-order valence-electron chi connectivity index (χ3n) is 3.94. The Hall–Kier alpha value is -4.67. The fraction of sp³-hybridized carbons (Fsp3) is 0.118. The molecule has 0 saturated carbocycles. The molecular weight excluding hydrogens is 420 g/mol. The van der Waals surface area contributed by atoms with Crippen molar-refractivity contribution in [3.8, 4) is 17.6 Å². The van der Waals surface area contributed by atoms with Gasteiger partial charge in [-0.15, -0.1) is 5.10 Å². The molecule has 2 aromatic heterocycles. The van der Waals surface area contributed by atoms with Crippen LogP contribution in [0.25, 0.3) is 5.69 Å². The molecule has 0 unspecified atom stereocenters. The zero-order valence-corrected chi connectivity index (χ0v) is 15.5. The molecule has 0 aliphatic heterocycles. The number of halogens is 2. The van der Waals surface area contributed by atoms with Gasteiger partial charge < -0.3 is 10.1 Å². The number of anilines is 2. The minimum atomic E-state index is -3.08. The molecule has 0 spiro atoms. The third-order valence-corrected chi connectivity index (χ3v) is 3.94. The highest BCUT2D eigenvalue weighted by Crippen LogP contribution is 2.30.